The standard InChI is InChI=1S/C6H5BrNO/c1-8-3-5(7)2-6(8)4-9/h2-3H,1H3. The Kier molecular flexibility index (Phi) is 1.71. The van der Waals surface area contributed by atoms with Gasteiger partial charge >= 0.3 is 0 Å². The third-order valence-corrected chi connectivity index (χ3v) is 1.51. The van der Waals surface area contributed by atoms with E-state index in [0.717, 1.165) is 4.47 Å². The number of carbonyl (C=O) groups excluding carboxylic acids is 1. The van der Waals surface area contributed by atoms with Gasteiger partial charge in [0.05, 0.1) is 5.69 Å². The molecule has 0 aliphatic carbocycles. The highest BCUT2D eigenvalue weighted by molar-refractivity contribution is 9.10. The Hall–Kier alpha value is -0.570. The van der Waals surface area contributed by atoms with Crippen molar-refractivity contribution in [3.05, 3.63) is 22.4 Å². The summed E-state index contributed by atoms with van der Waals surface area (Å²) in [6, 6.07) is 1.72. The third-order valence-electron chi connectivity index (χ3n) is 1.08. The average molecular weight is 187 g/mol. The lowest BCUT2D eigenvalue weighted by Crippen LogP contribution is -1.90. The smallest absolute Gasteiger partial charge is 0.251 e. The first kappa shape index (κ1) is 6.55. The van der Waals surface area contributed by atoms with E-state index in [2.05, 4.69) is 15.9 Å². The van der Waals surface area contributed by atoms with Crippen LogP contribution in [0.3, 0.4) is 0 Å². The minimum atomic E-state index is 0.557. The summed E-state index contributed by atoms with van der Waals surface area (Å²) < 4.78 is 2.61. The van der Waals surface area contributed by atoms with Crippen LogP contribution in [-0.4, -0.2) is 10.9 Å². The second kappa shape index (κ2) is 2.35. The molecule has 47 valence electrons. The van der Waals surface area contributed by atoms with Crippen molar-refractivity contribution >= 4 is 22.2 Å². The van der Waals surface area contributed by atoms with Gasteiger partial charge in [-0.3, -0.25) is 4.79 Å². The summed E-state index contributed by atoms with van der Waals surface area (Å²) in [4.78, 5) is 10.1. The largest absolute Gasteiger partial charge is 0.347 e. The first-order valence-corrected chi connectivity index (χ1v) is 3.23. The van der Waals surface area contributed by atoms with E-state index in [-0.39, 0.29) is 0 Å². The first-order chi connectivity index (χ1) is 4.24. The van der Waals surface area contributed by atoms with E-state index in [1.54, 1.807) is 30.2 Å². The van der Waals surface area contributed by atoms with E-state index in [4.69, 9.17) is 0 Å². The van der Waals surface area contributed by atoms with Crippen LogP contribution in [-0.2, 0) is 11.8 Å². The minimum absolute atomic E-state index is 0.557. The van der Waals surface area contributed by atoms with E-state index in [9.17, 15) is 4.79 Å². The zero-order chi connectivity index (χ0) is 6.85. The zero-order valence-corrected chi connectivity index (χ0v) is 6.47. The number of aromatic nitrogens is 1. The van der Waals surface area contributed by atoms with Gasteiger partial charge in [0.2, 0.25) is 0 Å². The zero-order valence-electron chi connectivity index (χ0n) is 4.89. The molecule has 2 nitrogen and oxygen atoms in total. The maximum atomic E-state index is 10.1. The second-order valence-electron chi connectivity index (χ2n) is 1.76. The molecule has 0 unspecified atom stereocenters. The van der Waals surface area contributed by atoms with Crippen LogP contribution in [0.1, 0.15) is 5.69 Å². The van der Waals surface area contributed by atoms with Crippen LogP contribution in [0.5, 0.6) is 0 Å². The molecule has 1 heterocycles. The van der Waals surface area contributed by atoms with Gasteiger partial charge in [0.15, 0.2) is 0 Å². The lowest BCUT2D eigenvalue weighted by Gasteiger charge is -1.87. The molecule has 0 amide bonds. The summed E-state index contributed by atoms with van der Waals surface area (Å²) in [7, 11) is 1.80. The molecule has 1 aromatic heterocycles. The van der Waals surface area contributed by atoms with E-state index in [0.29, 0.717) is 5.69 Å². The van der Waals surface area contributed by atoms with Gasteiger partial charge in [0, 0.05) is 17.7 Å². The molecular formula is C6H5BrNO. The molecule has 0 atom stereocenters. The Morgan fingerprint density at radius 1 is 1.78 bits per heavy atom. The predicted octanol–water partition coefficient (Wildman–Crippen LogP) is 1.25. The molecule has 0 N–H and O–H groups in total. The molecule has 1 aromatic rings. The first-order valence-electron chi connectivity index (χ1n) is 2.44. The van der Waals surface area contributed by atoms with Crippen molar-refractivity contribution in [2.75, 3.05) is 0 Å². The summed E-state index contributed by atoms with van der Waals surface area (Å²) in [5.74, 6) is 0. The van der Waals surface area contributed by atoms with Gasteiger partial charge in [-0.05, 0) is 22.0 Å². The van der Waals surface area contributed by atoms with Gasteiger partial charge < -0.3 is 4.57 Å². The Labute approximate surface area is 61.6 Å². The topological polar surface area (TPSA) is 22.0 Å². The summed E-state index contributed by atoms with van der Waals surface area (Å²) in [5.41, 5.74) is 0.557. The number of hydrogen-bond acceptors (Lipinski definition) is 1. The van der Waals surface area contributed by atoms with Crippen molar-refractivity contribution in [2.45, 2.75) is 0 Å². The van der Waals surface area contributed by atoms with Crippen LogP contribution in [0.2, 0.25) is 0 Å². The van der Waals surface area contributed by atoms with Crippen molar-refractivity contribution in [3.63, 3.8) is 0 Å². The van der Waals surface area contributed by atoms with Crippen LogP contribution < -0.4 is 0 Å². The molecule has 0 aliphatic rings. The lowest BCUT2D eigenvalue weighted by molar-refractivity contribution is 0.559. The van der Waals surface area contributed by atoms with Crippen molar-refractivity contribution in [1.82, 2.24) is 4.57 Å². The molecule has 0 fully saturated rings. The van der Waals surface area contributed by atoms with Crippen LogP contribution in [0.15, 0.2) is 16.7 Å². The van der Waals surface area contributed by atoms with E-state index >= 15 is 0 Å². The number of aryl methyl sites for hydroxylation is 1. The van der Waals surface area contributed by atoms with Gasteiger partial charge in [0.25, 0.3) is 6.29 Å². The lowest BCUT2D eigenvalue weighted by atomic mass is 10.5. The maximum Gasteiger partial charge on any atom is 0.251 e. The Morgan fingerprint density at radius 2 is 2.44 bits per heavy atom. The van der Waals surface area contributed by atoms with Crippen LogP contribution in [0, 0.1) is 0 Å². The summed E-state index contributed by atoms with van der Waals surface area (Å²) in [6.45, 7) is 0. The van der Waals surface area contributed by atoms with Crippen LogP contribution in [0.4, 0.5) is 0 Å². The normalized spacial score (nSPS) is 9.56. The summed E-state index contributed by atoms with van der Waals surface area (Å²) in [5, 5.41) is 0. The van der Waals surface area contributed by atoms with Crippen molar-refractivity contribution in [1.29, 1.82) is 0 Å². The highest BCUT2D eigenvalue weighted by atomic mass is 79.9. The summed E-state index contributed by atoms with van der Waals surface area (Å²) in [6.07, 6.45) is 3.60. The molecular weight excluding hydrogens is 182 g/mol. The molecule has 0 aliphatic heterocycles. The minimum Gasteiger partial charge on any atom is -0.347 e. The Balaban J connectivity index is 3.15. The Morgan fingerprint density at radius 3 is 2.67 bits per heavy atom. The second-order valence-corrected chi connectivity index (χ2v) is 2.67. The molecule has 0 aromatic carbocycles. The maximum absolute atomic E-state index is 10.1. The molecule has 3 heteroatoms. The van der Waals surface area contributed by atoms with Gasteiger partial charge in [-0.2, -0.15) is 0 Å². The number of rotatable bonds is 1. The highest BCUT2D eigenvalue weighted by Crippen LogP contribution is 2.11. The number of hydrogen-bond donors (Lipinski definition) is 0. The molecule has 1 radical (unpaired) electrons. The van der Waals surface area contributed by atoms with Crippen LogP contribution >= 0.6 is 15.9 Å². The quantitative estimate of drug-likeness (QED) is 0.648. The average Bonchev–Trinajstić information content (AvgIpc) is 2.10. The fraction of sp³-hybridized carbons (Fsp3) is 0.167. The SMILES string of the molecule is Cn1cc(Br)cc1[C]=O. The fourth-order valence-corrected chi connectivity index (χ4v) is 1.15. The highest BCUT2D eigenvalue weighted by Gasteiger charge is 1.97. The number of halogens is 1. The van der Waals surface area contributed by atoms with E-state index in [1.165, 1.54) is 0 Å². The molecule has 9 heavy (non-hydrogen) atoms. The molecule has 0 saturated carbocycles. The molecule has 0 saturated heterocycles. The summed E-state index contributed by atoms with van der Waals surface area (Å²) >= 11 is 3.22. The number of nitrogens with zero attached hydrogens (tertiary/aromatic N) is 1. The molecule has 1 rings (SSSR count). The van der Waals surface area contributed by atoms with Gasteiger partial charge in [-0.1, -0.05) is 0 Å². The van der Waals surface area contributed by atoms with Crippen LogP contribution in [0.25, 0.3) is 0 Å². The molecule has 0 bridgehead atoms. The predicted molar refractivity (Wildman–Crippen MR) is 37.9 cm³/mol. The van der Waals surface area contributed by atoms with Crippen molar-refractivity contribution < 1.29 is 4.79 Å². The van der Waals surface area contributed by atoms with Gasteiger partial charge in [0.1, 0.15) is 0 Å². The van der Waals surface area contributed by atoms with E-state index < -0.39 is 0 Å². The van der Waals surface area contributed by atoms with Crippen molar-refractivity contribution in [2.24, 2.45) is 7.05 Å². The Bertz CT molecular complexity index is 229. The van der Waals surface area contributed by atoms with Gasteiger partial charge in [-0.15, -0.1) is 0 Å². The van der Waals surface area contributed by atoms with E-state index in [1.807, 2.05) is 0 Å². The monoisotopic (exact) mass is 186 g/mol. The van der Waals surface area contributed by atoms with Crippen molar-refractivity contribution in [3.8, 4) is 0 Å². The third kappa shape index (κ3) is 1.21. The molecule has 0 spiro atoms. The van der Waals surface area contributed by atoms with Gasteiger partial charge in [-0.25, -0.2) is 0 Å². The fourth-order valence-electron chi connectivity index (χ4n) is 0.626.